The van der Waals surface area contributed by atoms with Gasteiger partial charge in [0.05, 0.1) is 5.56 Å². The number of carbonyl (C=O) groups excluding carboxylic acids is 2. The molecule has 0 fully saturated rings. The lowest BCUT2D eigenvalue weighted by atomic mass is 9.90. The highest BCUT2D eigenvalue weighted by Gasteiger charge is 2.32. The summed E-state index contributed by atoms with van der Waals surface area (Å²) in [6.45, 7) is 9.42. The lowest BCUT2D eigenvalue weighted by Gasteiger charge is -2.19. The minimum atomic E-state index is -0.0149. The lowest BCUT2D eigenvalue weighted by Crippen LogP contribution is -2.22. The fourth-order valence-corrected chi connectivity index (χ4v) is 2.44. The van der Waals surface area contributed by atoms with Crippen LogP contribution in [0.5, 0.6) is 0 Å². The molecule has 0 aromatic carbocycles. The maximum Gasteiger partial charge on any atom is 0.206 e. The quantitative estimate of drug-likeness (QED) is 0.745. The number of fused-ring (bicyclic) bond motifs is 1. The summed E-state index contributed by atoms with van der Waals surface area (Å²) in [6.07, 6.45) is 0. The van der Waals surface area contributed by atoms with E-state index in [4.69, 9.17) is 0 Å². The van der Waals surface area contributed by atoms with Gasteiger partial charge in [-0.25, -0.2) is 0 Å². The Balaban J connectivity index is 2.77. The van der Waals surface area contributed by atoms with Crippen LogP contribution >= 0.6 is 0 Å². The average molecular weight is 231 g/mol. The van der Waals surface area contributed by atoms with Gasteiger partial charge in [-0.15, -0.1) is 0 Å². The molecule has 17 heavy (non-hydrogen) atoms. The van der Waals surface area contributed by atoms with Crippen molar-refractivity contribution in [1.82, 2.24) is 4.57 Å². The van der Waals surface area contributed by atoms with E-state index in [-0.39, 0.29) is 17.6 Å². The van der Waals surface area contributed by atoms with Crippen LogP contribution in [-0.2, 0) is 0 Å². The number of nitrogens with zero attached hydrogens (tertiary/aromatic N) is 1. The normalized spacial score (nSPS) is 15.9. The number of hydrogen-bond donors (Lipinski definition) is 0. The van der Waals surface area contributed by atoms with E-state index >= 15 is 0 Å². The second-order valence-electron chi connectivity index (χ2n) is 4.92. The molecule has 0 aliphatic heterocycles. The Labute approximate surface area is 101 Å². The van der Waals surface area contributed by atoms with Crippen molar-refractivity contribution in [2.75, 3.05) is 0 Å². The second-order valence-corrected chi connectivity index (χ2v) is 4.92. The van der Waals surface area contributed by atoms with Gasteiger partial charge in [0.15, 0.2) is 5.78 Å². The molecule has 0 radical (unpaired) electrons. The van der Waals surface area contributed by atoms with E-state index in [1.54, 1.807) is 13.8 Å². The van der Waals surface area contributed by atoms with Crippen molar-refractivity contribution in [3.63, 3.8) is 0 Å². The van der Waals surface area contributed by atoms with Crippen LogP contribution < -0.4 is 0 Å². The molecule has 0 N–H and O–H groups in total. The molecule has 0 saturated carbocycles. The maximum atomic E-state index is 12.3. The Hall–Kier alpha value is -1.64. The van der Waals surface area contributed by atoms with Crippen molar-refractivity contribution in [3.05, 3.63) is 34.2 Å². The van der Waals surface area contributed by atoms with E-state index in [0.717, 1.165) is 5.69 Å². The van der Waals surface area contributed by atoms with Crippen LogP contribution in [0.25, 0.3) is 0 Å². The molecule has 1 aliphatic carbocycles. The Morgan fingerprint density at radius 2 is 1.53 bits per heavy atom. The Morgan fingerprint density at radius 3 is 2.06 bits per heavy atom. The first kappa shape index (κ1) is 11.8. The standard InChI is InChI=1S/C14H17NO2/c1-7(2)15-8(3)6-11-12(15)14(17)10(5)9(4)13(11)16/h6-7H,1-5H3. The molecule has 1 aliphatic rings. The number of ketones is 2. The monoisotopic (exact) mass is 231 g/mol. The van der Waals surface area contributed by atoms with E-state index in [0.29, 0.717) is 22.4 Å². The molecule has 2 rings (SSSR count). The smallest absolute Gasteiger partial charge is 0.206 e. The Morgan fingerprint density at radius 1 is 1.00 bits per heavy atom. The first-order chi connectivity index (χ1) is 7.86. The molecule has 0 bridgehead atoms. The topological polar surface area (TPSA) is 39.1 Å². The number of aryl methyl sites for hydroxylation is 1. The summed E-state index contributed by atoms with van der Waals surface area (Å²) in [7, 11) is 0. The summed E-state index contributed by atoms with van der Waals surface area (Å²) >= 11 is 0. The molecule has 1 heterocycles. The van der Waals surface area contributed by atoms with Crippen LogP contribution in [0.15, 0.2) is 17.2 Å². The van der Waals surface area contributed by atoms with Gasteiger partial charge in [-0.2, -0.15) is 0 Å². The Bertz CT molecular complexity index is 559. The predicted octanol–water partition coefficient (Wildman–Crippen LogP) is 3.09. The average Bonchev–Trinajstić information content (AvgIpc) is 2.61. The molecule has 0 spiro atoms. The molecule has 1 aromatic heterocycles. The first-order valence-corrected chi connectivity index (χ1v) is 5.85. The van der Waals surface area contributed by atoms with E-state index in [1.807, 2.05) is 31.4 Å². The minimum absolute atomic E-state index is 0.0143. The van der Waals surface area contributed by atoms with Gasteiger partial charge in [0.1, 0.15) is 5.69 Å². The van der Waals surface area contributed by atoms with Crippen LogP contribution in [0.3, 0.4) is 0 Å². The summed E-state index contributed by atoms with van der Waals surface area (Å²) < 4.78 is 1.95. The zero-order valence-corrected chi connectivity index (χ0v) is 10.9. The van der Waals surface area contributed by atoms with Crippen LogP contribution in [-0.4, -0.2) is 16.1 Å². The van der Waals surface area contributed by atoms with Crippen LogP contribution in [0.1, 0.15) is 60.3 Å². The van der Waals surface area contributed by atoms with E-state index in [1.165, 1.54) is 0 Å². The molecule has 1 aromatic rings. The second kappa shape index (κ2) is 3.69. The SMILES string of the molecule is CC1=C(C)C(=O)c2c(cc(C)n2C(C)C)C1=O. The molecular formula is C14H17NO2. The fraction of sp³-hybridized carbons (Fsp3) is 0.429. The van der Waals surface area contributed by atoms with Crippen LogP contribution in [0.4, 0.5) is 0 Å². The summed E-state index contributed by atoms with van der Waals surface area (Å²) in [5.41, 5.74) is 3.23. The molecular weight excluding hydrogens is 214 g/mol. The summed E-state index contributed by atoms with van der Waals surface area (Å²) in [4.78, 5) is 24.4. The highest BCUT2D eigenvalue weighted by Crippen LogP contribution is 2.30. The molecule has 3 heteroatoms. The summed E-state index contributed by atoms with van der Waals surface area (Å²) in [5, 5.41) is 0. The molecule has 3 nitrogen and oxygen atoms in total. The highest BCUT2D eigenvalue weighted by atomic mass is 16.1. The zero-order valence-electron chi connectivity index (χ0n) is 10.9. The number of rotatable bonds is 1. The van der Waals surface area contributed by atoms with Crippen LogP contribution in [0.2, 0.25) is 0 Å². The van der Waals surface area contributed by atoms with Gasteiger partial charge in [0, 0.05) is 22.9 Å². The number of carbonyl (C=O) groups is 2. The zero-order chi connectivity index (χ0) is 12.9. The van der Waals surface area contributed by atoms with Crippen molar-refractivity contribution < 1.29 is 9.59 Å². The summed E-state index contributed by atoms with van der Waals surface area (Å²) in [5.74, 6) is -0.0292. The van der Waals surface area contributed by atoms with Crippen LogP contribution in [0, 0.1) is 6.92 Å². The van der Waals surface area contributed by atoms with Crippen molar-refractivity contribution in [3.8, 4) is 0 Å². The van der Waals surface area contributed by atoms with Crippen molar-refractivity contribution >= 4 is 11.6 Å². The molecule has 0 unspecified atom stereocenters. The fourth-order valence-electron chi connectivity index (χ4n) is 2.44. The van der Waals surface area contributed by atoms with Gasteiger partial charge in [-0.3, -0.25) is 9.59 Å². The molecule has 0 amide bonds. The highest BCUT2D eigenvalue weighted by molar-refractivity contribution is 6.26. The number of Topliss-reactive ketones (excluding diaryl/α,β-unsaturated/α-hetero) is 2. The van der Waals surface area contributed by atoms with Gasteiger partial charge in [-0.1, -0.05) is 0 Å². The minimum Gasteiger partial charge on any atom is -0.339 e. The van der Waals surface area contributed by atoms with Crippen molar-refractivity contribution in [2.24, 2.45) is 0 Å². The number of hydrogen-bond acceptors (Lipinski definition) is 2. The van der Waals surface area contributed by atoms with Crippen molar-refractivity contribution in [2.45, 2.75) is 40.7 Å². The third-order valence-electron chi connectivity index (χ3n) is 3.45. The predicted molar refractivity (Wildman–Crippen MR) is 66.6 cm³/mol. The third kappa shape index (κ3) is 1.49. The van der Waals surface area contributed by atoms with E-state index in [9.17, 15) is 9.59 Å². The molecule has 0 atom stereocenters. The van der Waals surface area contributed by atoms with Gasteiger partial charge < -0.3 is 4.57 Å². The van der Waals surface area contributed by atoms with E-state index in [2.05, 4.69) is 0 Å². The maximum absolute atomic E-state index is 12.3. The first-order valence-electron chi connectivity index (χ1n) is 5.85. The number of aromatic nitrogens is 1. The van der Waals surface area contributed by atoms with Gasteiger partial charge >= 0.3 is 0 Å². The third-order valence-corrected chi connectivity index (χ3v) is 3.45. The van der Waals surface area contributed by atoms with Gasteiger partial charge in [0.2, 0.25) is 5.78 Å². The largest absolute Gasteiger partial charge is 0.339 e. The Kier molecular flexibility index (Phi) is 2.57. The van der Waals surface area contributed by atoms with Crippen molar-refractivity contribution in [1.29, 1.82) is 0 Å². The lowest BCUT2D eigenvalue weighted by molar-refractivity contribution is 0.0968. The molecule has 90 valence electrons. The number of allylic oxidation sites excluding steroid dienone is 2. The van der Waals surface area contributed by atoms with E-state index < -0.39 is 0 Å². The molecule has 0 saturated heterocycles. The summed E-state index contributed by atoms with van der Waals surface area (Å²) in [6, 6.07) is 2.01. The van der Waals surface area contributed by atoms with Gasteiger partial charge in [-0.05, 0) is 40.7 Å². The van der Waals surface area contributed by atoms with Gasteiger partial charge in [0.25, 0.3) is 0 Å².